The normalized spacial score (nSPS) is 29.6. The van der Waals surface area contributed by atoms with E-state index in [9.17, 15) is 14.4 Å². The minimum Gasteiger partial charge on any atom is -0.462 e. The van der Waals surface area contributed by atoms with Crippen molar-refractivity contribution < 1.29 is 33.3 Å². The molecule has 7 nitrogen and oxygen atoms in total. The van der Waals surface area contributed by atoms with Crippen molar-refractivity contribution >= 4 is 17.7 Å². The Labute approximate surface area is 200 Å². The van der Waals surface area contributed by atoms with Crippen LogP contribution in [0.1, 0.15) is 68.6 Å². The fraction of sp³-hybridized carbons (Fsp3) is 0.593. The van der Waals surface area contributed by atoms with E-state index in [1.54, 1.807) is 36.4 Å². The Hall–Kier alpha value is -2.51. The fourth-order valence-electron chi connectivity index (χ4n) is 5.05. The van der Waals surface area contributed by atoms with Crippen molar-refractivity contribution in [2.24, 2.45) is 11.8 Å². The van der Waals surface area contributed by atoms with Gasteiger partial charge in [0.2, 0.25) is 0 Å². The van der Waals surface area contributed by atoms with Crippen molar-refractivity contribution in [2.75, 3.05) is 6.61 Å². The smallest absolute Gasteiger partial charge is 0.338 e. The minimum absolute atomic E-state index is 0.109. The monoisotopic (exact) mass is 470 g/mol. The molecular weight excluding hydrogens is 436 g/mol. The lowest BCUT2D eigenvalue weighted by Gasteiger charge is -2.27. The van der Waals surface area contributed by atoms with Crippen molar-refractivity contribution in [3.63, 3.8) is 0 Å². The highest BCUT2D eigenvalue weighted by molar-refractivity contribution is 5.93. The summed E-state index contributed by atoms with van der Waals surface area (Å²) in [6.45, 7) is 2.73. The minimum atomic E-state index is -0.566. The summed E-state index contributed by atoms with van der Waals surface area (Å²) in [5, 5.41) is 0. The number of carbonyl (C=O) groups is 3. The summed E-state index contributed by atoms with van der Waals surface area (Å²) >= 11 is 0. The first kappa shape index (κ1) is 24.6. The highest BCUT2D eigenvalue weighted by atomic mass is 16.7. The van der Waals surface area contributed by atoms with Gasteiger partial charge in [0.25, 0.3) is 0 Å². The standard InChI is InChI=1S/C27H34O7/c1-2-3-11-22(33-26-12-7-8-15-31-26)21(28)14-13-19-20-16-25(29)32-24(20)17-23(19)34-27(30)18-9-5-4-6-10-18/h4-6,9-10,13-14,19-20,22-24,26H,2-3,7-8,11-12,15-17H2,1H3/t19-,20-,22?,23-,24+,26?/m1/s1. The third-order valence-corrected chi connectivity index (χ3v) is 6.89. The zero-order valence-corrected chi connectivity index (χ0v) is 19.7. The van der Waals surface area contributed by atoms with Crippen LogP contribution >= 0.6 is 0 Å². The van der Waals surface area contributed by atoms with Gasteiger partial charge >= 0.3 is 11.9 Å². The van der Waals surface area contributed by atoms with Gasteiger partial charge in [-0.15, -0.1) is 0 Å². The van der Waals surface area contributed by atoms with Crippen LogP contribution in [0.4, 0.5) is 0 Å². The lowest BCUT2D eigenvalue weighted by atomic mass is 9.91. The molecule has 2 aliphatic heterocycles. The SMILES string of the molecule is CCCCC(OC1CCCCO1)C(=O)C=C[C@@H]1[C@H]2CC(=O)O[C@H]2C[C@H]1OC(=O)c1ccccc1. The van der Waals surface area contributed by atoms with Crippen LogP contribution in [0.25, 0.3) is 0 Å². The highest BCUT2D eigenvalue weighted by Gasteiger charge is 2.50. The number of ketones is 1. The first-order valence-corrected chi connectivity index (χ1v) is 12.5. The van der Waals surface area contributed by atoms with Crippen molar-refractivity contribution in [2.45, 2.75) is 82.9 Å². The molecule has 34 heavy (non-hydrogen) atoms. The number of hydrogen-bond donors (Lipinski definition) is 0. The molecule has 0 N–H and O–H groups in total. The number of rotatable bonds is 10. The van der Waals surface area contributed by atoms with Gasteiger partial charge in [0, 0.05) is 24.9 Å². The molecule has 6 atom stereocenters. The molecule has 7 heteroatoms. The van der Waals surface area contributed by atoms with Crippen LogP contribution in [0, 0.1) is 11.8 Å². The second kappa shape index (κ2) is 11.8. The number of hydrogen-bond acceptors (Lipinski definition) is 7. The average molecular weight is 471 g/mol. The van der Waals surface area contributed by atoms with E-state index in [-0.39, 0.29) is 42.4 Å². The van der Waals surface area contributed by atoms with E-state index in [4.69, 9.17) is 18.9 Å². The second-order valence-electron chi connectivity index (χ2n) is 9.34. The van der Waals surface area contributed by atoms with Gasteiger partial charge in [0.15, 0.2) is 12.1 Å². The molecule has 2 saturated heterocycles. The Balaban J connectivity index is 1.45. The molecule has 2 heterocycles. The Morgan fingerprint density at radius 2 is 2.03 bits per heavy atom. The molecule has 3 aliphatic rings. The molecule has 2 unspecified atom stereocenters. The third kappa shape index (κ3) is 6.13. The molecule has 1 aliphatic carbocycles. The van der Waals surface area contributed by atoms with Crippen molar-refractivity contribution in [1.29, 1.82) is 0 Å². The summed E-state index contributed by atoms with van der Waals surface area (Å²) in [4.78, 5) is 37.7. The van der Waals surface area contributed by atoms with Crippen molar-refractivity contribution in [3.05, 3.63) is 48.0 Å². The van der Waals surface area contributed by atoms with E-state index < -0.39 is 18.2 Å². The molecule has 0 aromatic heterocycles. The summed E-state index contributed by atoms with van der Waals surface area (Å²) in [5.41, 5.74) is 0.468. The maximum atomic E-state index is 13.1. The van der Waals surface area contributed by atoms with E-state index >= 15 is 0 Å². The van der Waals surface area contributed by atoms with Crippen LogP contribution in [-0.4, -0.2) is 48.9 Å². The quantitative estimate of drug-likeness (QED) is 0.370. The Kier molecular flexibility index (Phi) is 8.51. The fourth-order valence-corrected chi connectivity index (χ4v) is 5.05. The molecule has 1 aromatic carbocycles. The molecule has 1 saturated carbocycles. The largest absolute Gasteiger partial charge is 0.462 e. The van der Waals surface area contributed by atoms with E-state index in [2.05, 4.69) is 6.92 Å². The van der Waals surface area contributed by atoms with Gasteiger partial charge in [-0.3, -0.25) is 9.59 Å². The predicted molar refractivity (Wildman–Crippen MR) is 124 cm³/mol. The molecule has 0 bridgehead atoms. The van der Waals surface area contributed by atoms with Crippen LogP contribution in [0.15, 0.2) is 42.5 Å². The number of ether oxygens (including phenoxy) is 4. The Morgan fingerprint density at radius 3 is 2.76 bits per heavy atom. The maximum Gasteiger partial charge on any atom is 0.338 e. The van der Waals surface area contributed by atoms with E-state index in [0.29, 0.717) is 25.0 Å². The highest BCUT2D eigenvalue weighted by Crippen LogP contribution is 2.43. The number of benzene rings is 1. The molecule has 1 aromatic rings. The summed E-state index contributed by atoms with van der Waals surface area (Å²) in [5.74, 6) is -1.16. The summed E-state index contributed by atoms with van der Waals surface area (Å²) in [7, 11) is 0. The Bertz CT molecular complexity index is 874. The molecule has 4 rings (SSSR count). The number of esters is 2. The number of carbonyl (C=O) groups excluding carboxylic acids is 3. The first-order chi connectivity index (χ1) is 16.5. The lowest BCUT2D eigenvalue weighted by Crippen LogP contribution is -2.32. The van der Waals surface area contributed by atoms with Gasteiger partial charge in [-0.05, 0) is 43.9 Å². The van der Waals surface area contributed by atoms with Gasteiger partial charge in [-0.2, -0.15) is 0 Å². The molecule has 0 amide bonds. The van der Waals surface area contributed by atoms with Crippen LogP contribution < -0.4 is 0 Å². The van der Waals surface area contributed by atoms with Crippen molar-refractivity contribution in [1.82, 2.24) is 0 Å². The van der Waals surface area contributed by atoms with Gasteiger partial charge in [0.05, 0.1) is 12.0 Å². The summed E-state index contributed by atoms with van der Waals surface area (Å²) in [6.07, 6.45) is 7.68. The lowest BCUT2D eigenvalue weighted by molar-refractivity contribution is -0.190. The topological polar surface area (TPSA) is 88.1 Å². The second-order valence-corrected chi connectivity index (χ2v) is 9.34. The van der Waals surface area contributed by atoms with Crippen LogP contribution in [0.2, 0.25) is 0 Å². The van der Waals surface area contributed by atoms with Crippen LogP contribution in [0.5, 0.6) is 0 Å². The molecule has 184 valence electrons. The van der Waals surface area contributed by atoms with E-state index in [1.165, 1.54) is 0 Å². The summed E-state index contributed by atoms with van der Waals surface area (Å²) in [6, 6.07) is 8.81. The van der Waals surface area contributed by atoms with Gasteiger partial charge in [-0.25, -0.2) is 4.79 Å². The molecule has 3 fully saturated rings. The van der Waals surface area contributed by atoms with Gasteiger partial charge < -0.3 is 18.9 Å². The number of unbranched alkanes of at least 4 members (excludes halogenated alkanes) is 1. The van der Waals surface area contributed by atoms with Gasteiger partial charge in [-0.1, -0.05) is 44.0 Å². The van der Waals surface area contributed by atoms with E-state index in [1.807, 2.05) is 6.07 Å². The zero-order chi connectivity index (χ0) is 23.9. The average Bonchev–Trinajstić information content (AvgIpc) is 3.36. The maximum absolute atomic E-state index is 13.1. The first-order valence-electron chi connectivity index (χ1n) is 12.5. The predicted octanol–water partition coefficient (Wildman–Crippen LogP) is 4.39. The van der Waals surface area contributed by atoms with Crippen molar-refractivity contribution in [3.8, 4) is 0 Å². The van der Waals surface area contributed by atoms with E-state index in [0.717, 1.165) is 32.1 Å². The molecule has 0 radical (unpaired) electrons. The molecular formula is C27H34O7. The molecule has 0 spiro atoms. The Morgan fingerprint density at radius 1 is 1.21 bits per heavy atom. The number of fused-ring (bicyclic) bond motifs is 1. The summed E-state index contributed by atoms with van der Waals surface area (Å²) < 4.78 is 23.0. The van der Waals surface area contributed by atoms with Crippen LogP contribution in [-0.2, 0) is 28.5 Å². The van der Waals surface area contributed by atoms with Crippen LogP contribution in [0.3, 0.4) is 0 Å². The third-order valence-electron chi connectivity index (χ3n) is 6.89. The zero-order valence-electron chi connectivity index (χ0n) is 19.7. The van der Waals surface area contributed by atoms with Gasteiger partial charge in [0.1, 0.15) is 18.3 Å².